The molecule has 9 heteroatoms. The summed E-state index contributed by atoms with van der Waals surface area (Å²) >= 11 is 0. The highest BCUT2D eigenvalue weighted by Crippen LogP contribution is 2.37. The molecule has 34 heavy (non-hydrogen) atoms. The fourth-order valence-corrected chi connectivity index (χ4v) is 4.39. The minimum Gasteiger partial charge on any atom is -0.493 e. The van der Waals surface area contributed by atoms with Crippen LogP contribution in [-0.2, 0) is 9.84 Å². The number of rotatable bonds is 9. The summed E-state index contributed by atoms with van der Waals surface area (Å²) < 4.78 is 60.3. The quantitative estimate of drug-likeness (QED) is 0.330. The second-order valence-electron chi connectivity index (χ2n) is 7.23. The second-order valence-corrected chi connectivity index (χ2v) is 9.34. The predicted octanol–water partition coefficient (Wildman–Crippen LogP) is 5.04. The molecule has 0 saturated heterocycles. The van der Waals surface area contributed by atoms with Crippen LogP contribution in [0.5, 0.6) is 28.7 Å². The van der Waals surface area contributed by atoms with Crippen LogP contribution in [0.4, 0.5) is 4.39 Å². The standard InChI is InChI=1S/C25H22FNO6S/c1-30-24-15-21-22(16-25(24)31-2)27-12-11-23(21)33-19-7-9-20(10-8-19)34(28,29)14-13-32-18-5-3-17(26)4-6-18/h3-12,15-16H,13-14H2,1-2H3. The zero-order valence-corrected chi connectivity index (χ0v) is 19.3. The van der Waals surface area contributed by atoms with Gasteiger partial charge in [0.1, 0.15) is 29.7 Å². The largest absolute Gasteiger partial charge is 0.493 e. The van der Waals surface area contributed by atoms with Gasteiger partial charge in [-0.05, 0) is 60.7 Å². The Balaban J connectivity index is 1.47. The van der Waals surface area contributed by atoms with Crippen molar-refractivity contribution in [2.75, 3.05) is 26.6 Å². The Morgan fingerprint density at radius 3 is 2.15 bits per heavy atom. The molecule has 1 heterocycles. The van der Waals surface area contributed by atoms with Gasteiger partial charge in [0.05, 0.1) is 30.4 Å². The lowest BCUT2D eigenvalue weighted by Gasteiger charge is -2.12. The summed E-state index contributed by atoms with van der Waals surface area (Å²) in [4.78, 5) is 4.49. The van der Waals surface area contributed by atoms with Gasteiger partial charge in [0.2, 0.25) is 0 Å². The van der Waals surface area contributed by atoms with Gasteiger partial charge in [-0.15, -0.1) is 0 Å². The number of pyridine rings is 1. The number of hydrogen-bond donors (Lipinski definition) is 0. The first-order valence-electron chi connectivity index (χ1n) is 10.3. The van der Waals surface area contributed by atoms with Gasteiger partial charge in [0.25, 0.3) is 0 Å². The van der Waals surface area contributed by atoms with Crippen molar-refractivity contribution in [3.8, 4) is 28.7 Å². The molecule has 4 rings (SSSR count). The highest BCUT2D eigenvalue weighted by atomic mass is 32.2. The Bertz CT molecular complexity index is 1390. The van der Waals surface area contributed by atoms with E-state index in [2.05, 4.69) is 4.98 Å². The number of benzene rings is 3. The van der Waals surface area contributed by atoms with Crippen molar-refractivity contribution in [3.63, 3.8) is 0 Å². The molecule has 0 spiro atoms. The third-order valence-electron chi connectivity index (χ3n) is 5.05. The van der Waals surface area contributed by atoms with E-state index in [1.54, 1.807) is 50.7 Å². The minimum atomic E-state index is -3.57. The third kappa shape index (κ3) is 5.20. The number of aromatic nitrogens is 1. The molecule has 3 aromatic carbocycles. The normalized spacial score (nSPS) is 11.3. The van der Waals surface area contributed by atoms with Crippen molar-refractivity contribution in [3.05, 3.63) is 78.7 Å². The van der Waals surface area contributed by atoms with Crippen LogP contribution in [0.1, 0.15) is 0 Å². The summed E-state index contributed by atoms with van der Waals surface area (Å²) in [7, 11) is -0.478. The number of methoxy groups -OCH3 is 2. The monoisotopic (exact) mass is 483 g/mol. The first-order chi connectivity index (χ1) is 16.4. The molecule has 176 valence electrons. The number of sulfone groups is 1. The molecular weight excluding hydrogens is 461 g/mol. The first kappa shape index (κ1) is 23.3. The number of hydrogen-bond acceptors (Lipinski definition) is 7. The van der Waals surface area contributed by atoms with Crippen molar-refractivity contribution in [2.24, 2.45) is 0 Å². The number of halogens is 1. The van der Waals surface area contributed by atoms with Crippen LogP contribution in [0.25, 0.3) is 10.9 Å². The SMILES string of the molecule is COc1cc2nccc(Oc3ccc(S(=O)(=O)CCOc4ccc(F)cc4)cc3)c2cc1OC. The zero-order valence-electron chi connectivity index (χ0n) is 18.5. The van der Waals surface area contributed by atoms with Crippen molar-refractivity contribution in [1.29, 1.82) is 0 Å². The molecule has 0 amide bonds. The fourth-order valence-electron chi connectivity index (χ4n) is 3.30. The van der Waals surface area contributed by atoms with E-state index >= 15 is 0 Å². The molecule has 0 saturated carbocycles. The molecule has 0 aliphatic carbocycles. The average molecular weight is 484 g/mol. The second kappa shape index (κ2) is 9.96. The summed E-state index contributed by atoms with van der Waals surface area (Å²) in [5.41, 5.74) is 0.663. The molecule has 0 fully saturated rings. The van der Waals surface area contributed by atoms with E-state index in [0.29, 0.717) is 34.3 Å². The molecular formula is C25H22FNO6S. The summed E-state index contributed by atoms with van der Waals surface area (Å²) in [5, 5.41) is 0.717. The molecule has 0 aliphatic heterocycles. The van der Waals surface area contributed by atoms with Crippen molar-refractivity contribution >= 4 is 20.7 Å². The van der Waals surface area contributed by atoms with Crippen molar-refractivity contribution < 1.29 is 31.8 Å². The van der Waals surface area contributed by atoms with Crippen LogP contribution in [0.2, 0.25) is 0 Å². The molecule has 0 atom stereocenters. The Labute approximate surface area is 196 Å². The van der Waals surface area contributed by atoms with Crippen LogP contribution < -0.4 is 18.9 Å². The van der Waals surface area contributed by atoms with Gasteiger partial charge in [0.15, 0.2) is 21.3 Å². The first-order valence-corrected chi connectivity index (χ1v) is 11.9. The minimum absolute atomic E-state index is 0.0550. The average Bonchev–Trinajstić information content (AvgIpc) is 2.85. The Hall–Kier alpha value is -3.85. The molecule has 0 unspecified atom stereocenters. The van der Waals surface area contributed by atoms with Gasteiger partial charge in [-0.1, -0.05) is 0 Å². The smallest absolute Gasteiger partial charge is 0.181 e. The summed E-state index contributed by atoms with van der Waals surface area (Å²) in [6, 6.07) is 16.8. The van der Waals surface area contributed by atoms with E-state index in [0.717, 1.165) is 5.39 Å². The van der Waals surface area contributed by atoms with E-state index in [-0.39, 0.29) is 23.1 Å². The van der Waals surface area contributed by atoms with Gasteiger partial charge >= 0.3 is 0 Å². The van der Waals surface area contributed by atoms with Crippen LogP contribution in [0.15, 0.2) is 77.8 Å². The predicted molar refractivity (Wildman–Crippen MR) is 125 cm³/mol. The maximum atomic E-state index is 13.0. The van der Waals surface area contributed by atoms with E-state index in [4.69, 9.17) is 18.9 Å². The van der Waals surface area contributed by atoms with Crippen molar-refractivity contribution in [2.45, 2.75) is 4.90 Å². The molecule has 0 radical (unpaired) electrons. The maximum Gasteiger partial charge on any atom is 0.181 e. The number of fused-ring (bicyclic) bond motifs is 1. The lowest BCUT2D eigenvalue weighted by atomic mass is 10.2. The van der Waals surface area contributed by atoms with E-state index in [1.165, 1.54) is 36.4 Å². The Morgan fingerprint density at radius 2 is 1.47 bits per heavy atom. The molecule has 0 aliphatic rings. The van der Waals surface area contributed by atoms with E-state index < -0.39 is 9.84 Å². The van der Waals surface area contributed by atoms with Gasteiger partial charge in [-0.25, -0.2) is 12.8 Å². The van der Waals surface area contributed by atoms with E-state index in [9.17, 15) is 12.8 Å². The van der Waals surface area contributed by atoms with Gasteiger partial charge in [-0.3, -0.25) is 4.98 Å². The van der Waals surface area contributed by atoms with Crippen LogP contribution >= 0.6 is 0 Å². The lowest BCUT2D eigenvalue weighted by Crippen LogP contribution is -2.14. The maximum absolute atomic E-state index is 13.0. The highest BCUT2D eigenvalue weighted by Gasteiger charge is 2.16. The molecule has 1 aromatic heterocycles. The summed E-state index contributed by atoms with van der Waals surface area (Å²) in [6.45, 7) is -0.0550. The van der Waals surface area contributed by atoms with Crippen molar-refractivity contribution in [1.82, 2.24) is 4.98 Å². The van der Waals surface area contributed by atoms with Gasteiger partial charge in [0, 0.05) is 17.6 Å². The van der Waals surface area contributed by atoms with Crippen LogP contribution in [0.3, 0.4) is 0 Å². The summed E-state index contributed by atoms with van der Waals surface area (Å²) in [6.07, 6.45) is 1.61. The van der Waals surface area contributed by atoms with Crippen LogP contribution in [-0.4, -0.2) is 40.0 Å². The zero-order chi connectivity index (χ0) is 24.1. The molecule has 0 bridgehead atoms. The van der Waals surface area contributed by atoms with Crippen LogP contribution in [0, 0.1) is 5.82 Å². The van der Waals surface area contributed by atoms with Gasteiger partial charge in [-0.2, -0.15) is 0 Å². The molecule has 7 nitrogen and oxygen atoms in total. The lowest BCUT2D eigenvalue weighted by molar-refractivity contribution is 0.340. The fraction of sp³-hybridized carbons (Fsp3) is 0.160. The number of nitrogens with zero attached hydrogens (tertiary/aromatic N) is 1. The van der Waals surface area contributed by atoms with Gasteiger partial charge < -0.3 is 18.9 Å². The Kier molecular flexibility index (Phi) is 6.83. The third-order valence-corrected chi connectivity index (χ3v) is 6.75. The number of ether oxygens (including phenoxy) is 4. The molecule has 4 aromatic rings. The van der Waals surface area contributed by atoms with E-state index in [1.807, 2.05) is 0 Å². The Morgan fingerprint density at radius 1 is 0.824 bits per heavy atom. The topological polar surface area (TPSA) is 84.0 Å². The summed E-state index contributed by atoms with van der Waals surface area (Å²) in [5.74, 6) is 1.88. The highest BCUT2D eigenvalue weighted by molar-refractivity contribution is 7.91. The molecule has 0 N–H and O–H groups in total.